The topological polar surface area (TPSA) is 58.7 Å². The first-order valence-electron chi connectivity index (χ1n) is 10.9. The van der Waals surface area contributed by atoms with Gasteiger partial charge in [0.1, 0.15) is 0 Å². The highest BCUT2D eigenvalue weighted by Gasteiger charge is 2.50. The minimum atomic E-state index is -1.16. The van der Waals surface area contributed by atoms with Crippen molar-refractivity contribution in [3.63, 3.8) is 0 Å². The molecule has 3 aromatic rings. The van der Waals surface area contributed by atoms with Gasteiger partial charge in [-0.1, -0.05) is 109 Å². The largest absolute Gasteiger partial charge is 0.369 e. The highest BCUT2D eigenvalue weighted by molar-refractivity contribution is 6.09. The summed E-state index contributed by atoms with van der Waals surface area (Å²) in [5.41, 5.74) is 9.31. The SMILES string of the molecule is NC1=NC(c2ccccc2)(c2ccccc2)C(=O)N1CC1CC=CC=C1c1ccccc1. The fourth-order valence-corrected chi connectivity index (χ4v) is 4.69. The normalized spacial score (nSPS) is 19.6. The Morgan fingerprint density at radius 1 is 0.875 bits per heavy atom. The molecule has 4 heteroatoms. The number of allylic oxidation sites excluding steroid dienone is 3. The molecule has 1 aliphatic carbocycles. The number of carbonyl (C=O) groups excluding carboxylic acids is 1. The summed E-state index contributed by atoms with van der Waals surface area (Å²) in [5.74, 6) is 0.307. The number of nitrogens with zero attached hydrogens (tertiary/aromatic N) is 2. The lowest BCUT2D eigenvalue weighted by molar-refractivity contribution is -0.130. The first kappa shape index (κ1) is 20.0. The second-order valence-electron chi connectivity index (χ2n) is 8.18. The summed E-state index contributed by atoms with van der Waals surface area (Å²) in [6.07, 6.45) is 7.22. The second-order valence-corrected chi connectivity index (χ2v) is 8.18. The molecule has 1 heterocycles. The molecule has 0 radical (unpaired) electrons. The summed E-state index contributed by atoms with van der Waals surface area (Å²) in [6.45, 7) is 0.487. The van der Waals surface area contributed by atoms with Crippen LogP contribution in [0.4, 0.5) is 0 Å². The van der Waals surface area contributed by atoms with E-state index in [1.807, 2.05) is 78.9 Å². The molecule has 1 atom stereocenters. The Morgan fingerprint density at radius 3 is 2.03 bits per heavy atom. The van der Waals surface area contributed by atoms with Gasteiger partial charge in [-0.25, -0.2) is 4.99 Å². The van der Waals surface area contributed by atoms with E-state index in [1.165, 1.54) is 11.1 Å². The monoisotopic (exact) mass is 419 g/mol. The number of amides is 1. The van der Waals surface area contributed by atoms with Crippen LogP contribution in [-0.4, -0.2) is 23.3 Å². The predicted octanol–water partition coefficient (Wildman–Crippen LogP) is 4.75. The van der Waals surface area contributed by atoms with Crippen LogP contribution in [0.15, 0.2) is 114 Å². The Labute approximate surface area is 188 Å². The highest BCUT2D eigenvalue weighted by atomic mass is 16.2. The first-order valence-corrected chi connectivity index (χ1v) is 10.9. The molecule has 158 valence electrons. The molecule has 0 fully saturated rings. The fourth-order valence-electron chi connectivity index (χ4n) is 4.69. The number of carbonyl (C=O) groups is 1. The molecule has 0 bridgehead atoms. The van der Waals surface area contributed by atoms with Crippen molar-refractivity contribution < 1.29 is 4.79 Å². The quantitative estimate of drug-likeness (QED) is 0.649. The van der Waals surface area contributed by atoms with Crippen LogP contribution in [0.3, 0.4) is 0 Å². The average Bonchev–Trinajstić information content (AvgIpc) is 3.12. The average molecular weight is 420 g/mol. The Kier molecular flexibility index (Phi) is 5.20. The van der Waals surface area contributed by atoms with Crippen LogP contribution in [0.2, 0.25) is 0 Å². The Bertz CT molecular complexity index is 1160. The van der Waals surface area contributed by atoms with Gasteiger partial charge in [-0.05, 0) is 28.7 Å². The summed E-state index contributed by atoms with van der Waals surface area (Å²) < 4.78 is 0. The van der Waals surface area contributed by atoms with Crippen molar-refractivity contribution in [2.75, 3.05) is 6.54 Å². The molecule has 1 unspecified atom stereocenters. The maximum absolute atomic E-state index is 14.0. The molecule has 4 nitrogen and oxygen atoms in total. The van der Waals surface area contributed by atoms with Crippen LogP contribution in [0.25, 0.3) is 5.57 Å². The summed E-state index contributed by atoms with van der Waals surface area (Å²) in [6, 6.07) is 29.7. The number of aliphatic imine (C=N–C) groups is 1. The van der Waals surface area contributed by atoms with E-state index in [0.29, 0.717) is 6.54 Å². The molecule has 2 aliphatic rings. The number of benzene rings is 3. The van der Waals surface area contributed by atoms with Gasteiger partial charge in [0.25, 0.3) is 5.91 Å². The molecule has 0 saturated heterocycles. The third-order valence-electron chi connectivity index (χ3n) is 6.28. The van der Waals surface area contributed by atoms with Gasteiger partial charge in [0, 0.05) is 12.5 Å². The lowest BCUT2D eigenvalue weighted by Crippen LogP contribution is -2.45. The summed E-state index contributed by atoms with van der Waals surface area (Å²) in [4.78, 5) is 20.5. The number of guanidine groups is 1. The van der Waals surface area contributed by atoms with Crippen LogP contribution in [0.1, 0.15) is 23.1 Å². The number of hydrogen-bond acceptors (Lipinski definition) is 3. The molecule has 1 amide bonds. The van der Waals surface area contributed by atoms with Crippen molar-refractivity contribution >= 4 is 17.4 Å². The van der Waals surface area contributed by atoms with Gasteiger partial charge < -0.3 is 5.73 Å². The second kappa shape index (κ2) is 8.31. The Morgan fingerprint density at radius 2 is 1.44 bits per heavy atom. The van der Waals surface area contributed by atoms with Gasteiger partial charge in [0.15, 0.2) is 11.5 Å². The third-order valence-corrected chi connectivity index (χ3v) is 6.28. The standard InChI is InChI=1S/C28H25N3O/c29-27-30-28(23-15-6-2-7-16-23,24-17-8-3-9-18-24)26(32)31(27)20-22-14-10-11-19-25(22)21-12-4-1-5-13-21/h1-13,15-19,22H,14,20H2,(H2,29,30). The van der Waals surface area contributed by atoms with Crippen molar-refractivity contribution in [2.24, 2.45) is 16.6 Å². The van der Waals surface area contributed by atoms with E-state index in [4.69, 9.17) is 10.7 Å². The van der Waals surface area contributed by atoms with E-state index in [9.17, 15) is 4.79 Å². The van der Waals surface area contributed by atoms with E-state index in [-0.39, 0.29) is 17.8 Å². The zero-order valence-corrected chi connectivity index (χ0v) is 17.8. The van der Waals surface area contributed by atoms with Crippen LogP contribution in [0.5, 0.6) is 0 Å². The van der Waals surface area contributed by atoms with E-state index in [2.05, 4.69) is 30.4 Å². The van der Waals surface area contributed by atoms with Gasteiger partial charge in [-0.2, -0.15) is 0 Å². The maximum atomic E-state index is 14.0. The molecule has 0 spiro atoms. The van der Waals surface area contributed by atoms with Gasteiger partial charge in [0.05, 0.1) is 0 Å². The molecular weight excluding hydrogens is 394 g/mol. The highest BCUT2D eigenvalue weighted by Crippen LogP contribution is 2.41. The zero-order valence-electron chi connectivity index (χ0n) is 17.8. The van der Waals surface area contributed by atoms with E-state index in [0.717, 1.165) is 17.5 Å². The van der Waals surface area contributed by atoms with E-state index < -0.39 is 5.54 Å². The van der Waals surface area contributed by atoms with Gasteiger partial charge in [-0.15, -0.1) is 0 Å². The molecule has 32 heavy (non-hydrogen) atoms. The fraction of sp³-hybridized carbons (Fsp3) is 0.143. The van der Waals surface area contributed by atoms with Crippen LogP contribution >= 0.6 is 0 Å². The Hall–Kier alpha value is -3.92. The van der Waals surface area contributed by atoms with E-state index >= 15 is 0 Å². The minimum absolute atomic E-state index is 0.102. The van der Waals surface area contributed by atoms with Crippen molar-refractivity contribution in [1.29, 1.82) is 0 Å². The van der Waals surface area contributed by atoms with Gasteiger partial charge >= 0.3 is 0 Å². The molecular formula is C28H25N3O. The smallest absolute Gasteiger partial charge is 0.266 e. The maximum Gasteiger partial charge on any atom is 0.266 e. The summed E-state index contributed by atoms with van der Waals surface area (Å²) in [7, 11) is 0. The summed E-state index contributed by atoms with van der Waals surface area (Å²) >= 11 is 0. The first-order chi connectivity index (χ1) is 15.7. The van der Waals surface area contributed by atoms with Crippen LogP contribution in [0, 0.1) is 5.92 Å². The Balaban J connectivity index is 1.52. The zero-order chi connectivity index (χ0) is 22.0. The van der Waals surface area contributed by atoms with Crippen molar-refractivity contribution in [3.8, 4) is 0 Å². The molecule has 0 saturated carbocycles. The molecule has 5 rings (SSSR count). The van der Waals surface area contributed by atoms with E-state index in [1.54, 1.807) is 4.90 Å². The molecule has 2 N–H and O–H groups in total. The lowest BCUT2D eigenvalue weighted by atomic mass is 9.82. The van der Waals surface area contributed by atoms with Gasteiger partial charge in [-0.3, -0.25) is 9.69 Å². The summed E-state index contributed by atoms with van der Waals surface area (Å²) in [5, 5.41) is 0. The van der Waals surface area contributed by atoms with Gasteiger partial charge in [0.2, 0.25) is 0 Å². The van der Waals surface area contributed by atoms with Crippen LogP contribution < -0.4 is 5.73 Å². The molecule has 3 aromatic carbocycles. The number of hydrogen-bond donors (Lipinski definition) is 1. The molecule has 0 aromatic heterocycles. The number of nitrogens with two attached hydrogens (primary N) is 1. The number of rotatable bonds is 5. The van der Waals surface area contributed by atoms with Crippen molar-refractivity contribution in [3.05, 3.63) is 126 Å². The minimum Gasteiger partial charge on any atom is -0.369 e. The lowest BCUT2D eigenvalue weighted by Gasteiger charge is -2.30. The third kappa shape index (κ3) is 3.34. The van der Waals surface area contributed by atoms with Crippen molar-refractivity contribution in [1.82, 2.24) is 4.90 Å². The van der Waals surface area contributed by atoms with Crippen LogP contribution in [-0.2, 0) is 10.3 Å². The molecule has 1 aliphatic heterocycles. The van der Waals surface area contributed by atoms with Crippen molar-refractivity contribution in [2.45, 2.75) is 12.0 Å². The predicted molar refractivity (Wildman–Crippen MR) is 129 cm³/mol.